The average molecular weight is 342 g/mol. The maximum absolute atomic E-state index is 5.94. The second-order valence-corrected chi connectivity index (χ2v) is 6.11. The highest BCUT2D eigenvalue weighted by atomic mass is 16.6. The molecule has 1 fully saturated rings. The fourth-order valence-corrected chi connectivity index (χ4v) is 3.23. The third-order valence-electron chi connectivity index (χ3n) is 4.43. The number of nitrogens with one attached hydrogen (secondary N) is 1. The molecular weight excluding hydrogens is 320 g/mol. The molecule has 132 valence electrons. The molecule has 0 aliphatic carbocycles. The van der Waals surface area contributed by atoms with Gasteiger partial charge in [0.2, 0.25) is 0 Å². The van der Waals surface area contributed by atoms with E-state index in [1.165, 1.54) is 5.56 Å². The number of nitrogens with zero attached hydrogens (tertiary/aromatic N) is 3. The van der Waals surface area contributed by atoms with Gasteiger partial charge in [0.25, 0.3) is 0 Å². The minimum Gasteiger partial charge on any atom is -0.486 e. The number of anilines is 1. The van der Waals surface area contributed by atoms with E-state index < -0.39 is 0 Å². The van der Waals surface area contributed by atoms with Crippen LogP contribution in [0.5, 0.6) is 11.5 Å². The van der Waals surface area contributed by atoms with Gasteiger partial charge in [-0.3, -0.25) is 9.88 Å². The number of aromatic nitrogens is 2. The molecule has 2 aliphatic rings. The lowest BCUT2D eigenvalue weighted by atomic mass is 10.1. The van der Waals surface area contributed by atoms with Crippen molar-refractivity contribution >= 4 is 5.82 Å². The quantitative estimate of drug-likeness (QED) is 0.909. The monoisotopic (exact) mass is 342 g/mol. The standard InChI is InChI=1S/C18H22N4O3/c1-19-18-17(20-4-5-21-18)16-12-22(6-7-23-16)11-13-2-3-14-15(10-13)25-9-8-24-14/h2-5,10,16H,6-9,11-12H2,1H3,(H,19,21)/t16-/m1/s1. The Labute approximate surface area is 146 Å². The third kappa shape index (κ3) is 3.52. The number of morpholine rings is 1. The van der Waals surface area contributed by atoms with Crippen LogP contribution in [-0.2, 0) is 11.3 Å². The number of hydrogen-bond acceptors (Lipinski definition) is 7. The summed E-state index contributed by atoms with van der Waals surface area (Å²) < 4.78 is 17.2. The zero-order valence-electron chi connectivity index (χ0n) is 14.3. The van der Waals surface area contributed by atoms with Crippen molar-refractivity contribution in [2.45, 2.75) is 12.6 Å². The Bertz CT molecular complexity index is 740. The topological polar surface area (TPSA) is 68.7 Å². The lowest BCUT2D eigenvalue weighted by molar-refractivity contribution is -0.0347. The first-order valence-electron chi connectivity index (χ1n) is 8.54. The fourth-order valence-electron chi connectivity index (χ4n) is 3.23. The Morgan fingerprint density at radius 1 is 1.12 bits per heavy atom. The SMILES string of the molecule is CNc1nccnc1[C@H]1CN(Cc2ccc3c(c2)OCCO3)CCO1. The number of ether oxygens (including phenoxy) is 3. The molecule has 2 aliphatic heterocycles. The Balaban J connectivity index is 1.46. The molecule has 0 saturated carbocycles. The Morgan fingerprint density at radius 2 is 1.96 bits per heavy atom. The summed E-state index contributed by atoms with van der Waals surface area (Å²) in [6.45, 7) is 4.40. The molecule has 0 spiro atoms. The average Bonchev–Trinajstić information content (AvgIpc) is 2.68. The van der Waals surface area contributed by atoms with Crippen LogP contribution in [0, 0.1) is 0 Å². The van der Waals surface area contributed by atoms with Gasteiger partial charge >= 0.3 is 0 Å². The molecule has 4 rings (SSSR count). The molecule has 7 nitrogen and oxygen atoms in total. The van der Waals surface area contributed by atoms with Gasteiger partial charge in [0.05, 0.1) is 6.61 Å². The van der Waals surface area contributed by atoms with Crippen LogP contribution in [0.2, 0.25) is 0 Å². The van der Waals surface area contributed by atoms with Crippen molar-refractivity contribution in [2.24, 2.45) is 0 Å². The van der Waals surface area contributed by atoms with Gasteiger partial charge in [0, 0.05) is 39.1 Å². The first-order chi connectivity index (χ1) is 12.3. The Morgan fingerprint density at radius 3 is 2.84 bits per heavy atom. The Hall–Kier alpha value is -2.38. The fraction of sp³-hybridized carbons (Fsp3) is 0.444. The van der Waals surface area contributed by atoms with Crippen LogP contribution < -0.4 is 14.8 Å². The van der Waals surface area contributed by atoms with E-state index in [1.54, 1.807) is 12.4 Å². The van der Waals surface area contributed by atoms with Gasteiger partial charge < -0.3 is 19.5 Å². The van der Waals surface area contributed by atoms with Crippen molar-refractivity contribution in [3.05, 3.63) is 41.9 Å². The minimum absolute atomic E-state index is 0.0814. The smallest absolute Gasteiger partial charge is 0.161 e. The number of fused-ring (bicyclic) bond motifs is 1. The Kier molecular flexibility index (Phi) is 4.67. The van der Waals surface area contributed by atoms with E-state index in [1.807, 2.05) is 13.1 Å². The van der Waals surface area contributed by atoms with Crippen LogP contribution in [0.1, 0.15) is 17.4 Å². The van der Waals surface area contributed by atoms with Gasteiger partial charge in [-0.05, 0) is 17.7 Å². The predicted molar refractivity (Wildman–Crippen MR) is 93.0 cm³/mol. The van der Waals surface area contributed by atoms with Crippen LogP contribution in [-0.4, -0.2) is 54.8 Å². The van der Waals surface area contributed by atoms with E-state index in [-0.39, 0.29) is 6.10 Å². The van der Waals surface area contributed by atoms with E-state index in [0.717, 1.165) is 42.6 Å². The predicted octanol–water partition coefficient (Wildman–Crippen LogP) is 1.86. The van der Waals surface area contributed by atoms with Gasteiger partial charge in [-0.2, -0.15) is 0 Å². The van der Waals surface area contributed by atoms with Crippen molar-refractivity contribution in [2.75, 3.05) is 45.3 Å². The molecule has 1 saturated heterocycles. The molecule has 1 atom stereocenters. The zero-order valence-corrected chi connectivity index (χ0v) is 14.3. The van der Waals surface area contributed by atoms with Crippen molar-refractivity contribution in [3.8, 4) is 11.5 Å². The molecule has 0 unspecified atom stereocenters. The molecule has 7 heteroatoms. The van der Waals surface area contributed by atoms with Gasteiger partial charge in [-0.25, -0.2) is 4.98 Å². The molecule has 3 heterocycles. The first-order valence-corrected chi connectivity index (χ1v) is 8.54. The van der Waals surface area contributed by atoms with E-state index >= 15 is 0 Å². The number of rotatable bonds is 4. The zero-order chi connectivity index (χ0) is 17.1. The van der Waals surface area contributed by atoms with Crippen molar-refractivity contribution in [1.29, 1.82) is 0 Å². The minimum atomic E-state index is -0.0814. The lowest BCUT2D eigenvalue weighted by Gasteiger charge is -2.33. The molecule has 1 aromatic carbocycles. The summed E-state index contributed by atoms with van der Waals surface area (Å²) in [4.78, 5) is 11.2. The third-order valence-corrected chi connectivity index (χ3v) is 4.43. The highest BCUT2D eigenvalue weighted by molar-refractivity contribution is 5.44. The maximum Gasteiger partial charge on any atom is 0.161 e. The largest absolute Gasteiger partial charge is 0.486 e. The summed E-state index contributed by atoms with van der Waals surface area (Å²) in [5.74, 6) is 2.43. The summed E-state index contributed by atoms with van der Waals surface area (Å²) in [5, 5.41) is 3.09. The summed E-state index contributed by atoms with van der Waals surface area (Å²) in [7, 11) is 1.85. The van der Waals surface area contributed by atoms with Crippen molar-refractivity contribution < 1.29 is 14.2 Å². The maximum atomic E-state index is 5.94. The summed E-state index contributed by atoms with van der Waals surface area (Å²) in [6, 6.07) is 6.16. The van der Waals surface area contributed by atoms with Crippen molar-refractivity contribution in [3.63, 3.8) is 0 Å². The molecule has 2 aromatic rings. The van der Waals surface area contributed by atoms with Crippen LogP contribution in [0.4, 0.5) is 5.82 Å². The van der Waals surface area contributed by atoms with E-state index in [2.05, 4.69) is 32.3 Å². The van der Waals surface area contributed by atoms with E-state index in [9.17, 15) is 0 Å². The molecule has 0 radical (unpaired) electrons. The summed E-state index contributed by atoms with van der Waals surface area (Å²) >= 11 is 0. The molecular formula is C18H22N4O3. The van der Waals surface area contributed by atoms with Crippen LogP contribution in [0.3, 0.4) is 0 Å². The second-order valence-electron chi connectivity index (χ2n) is 6.11. The second kappa shape index (κ2) is 7.25. The van der Waals surface area contributed by atoms with E-state index in [0.29, 0.717) is 19.8 Å². The highest BCUT2D eigenvalue weighted by Gasteiger charge is 2.26. The van der Waals surface area contributed by atoms with Gasteiger partial charge in [-0.15, -0.1) is 0 Å². The molecule has 0 bridgehead atoms. The van der Waals surface area contributed by atoms with Gasteiger partial charge in [0.1, 0.15) is 30.8 Å². The number of benzene rings is 1. The summed E-state index contributed by atoms with van der Waals surface area (Å²) in [5.41, 5.74) is 2.06. The van der Waals surface area contributed by atoms with Crippen LogP contribution in [0.15, 0.2) is 30.6 Å². The molecule has 1 aromatic heterocycles. The molecule has 0 amide bonds. The molecule has 1 N–H and O–H groups in total. The van der Waals surface area contributed by atoms with Gasteiger partial charge in [0.15, 0.2) is 11.5 Å². The van der Waals surface area contributed by atoms with Crippen LogP contribution >= 0.6 is 0 Å². The first kappa shape index (κ1) is 16.1. The van der Waals surface area contributed by atoms with Crippen LogP contribution in [0.25, 0.3) is 0 Å². The van der Waals surface area contributed by atoms with Gasteiger partial charge in [-0.1, -0.05) is 6.07 Å². The van der Waals surface area contributed by atoms with E-state index in [4.69, 9.17) is 14.2 Å². The number of hydrogen-bond donors (Lipinski definition) is 1. The lowest BCUT2D eigenvalue weighted by Crippen LogP contribution is -2.38. The summed E-state index contributed by atoms with van der Waals surface area (Å²) in [6.07, 6.45) is 3.31. The normalized spacial score (nSPS) is 20.3. The van der Waals surface area contributed by atoms with Crippen molar-refractivity contribution in [1.82, 2.24) is 14.9 Å². The molecule has 25 heavy (non-hydrogen) atoms. The highest BCUT2D eigenvalue weighted by Crippen LogP contribution is 2.32.